The first-order valence-electron chi connectivity index (χ1n) is 8.88. The van der Waals surface area contributed by atoms with E-state index in [2.05, 4.69) is 4.74 Å². The van der Waals surface area contributed by atoms with Crippen LogP contribution in [0.15, 0.2) is 54.1 Å². The Morgan fingerprint density at radius 3 is 1.83 bits per heavy atom. The normalized spacial score (nSPS) is 13.2. The van der Waals surface area contributed by atoms with Gasteiger partial charge in [0.15, 0.2) is 0 Å². The van der Waals surface area contributed by atoms with Gasteiger partial charge in [-0.1, -0.05) is 12.1 Å². The lowest BCUT2D eigenvalue weighted by molar-refractivity contribution is -0.123. The van der Waals surface area contributed by atoms with Crippen molar-refractivity contribution in [3.8, 4) is 11.5 Å². The smallest absolute Gasteiger partial charge is 0.337 e. The molecule has 0 aromatic heterocycles. The average Bonchev–Trinajstić information content (AvgIpc) is 2.74. The van der Waals surface area contributed by atoms with Crippen LogP contribution in [0.5, 0.6) is 11.5 Å². The van der Waals surface area contributed by atoms with Gasteiger partial charge in [-0.3, -0.25) is 20.2 Å². The molecule has 0 unspecified atom stereocenters. The Morgan fingerprint density at radius 2 is 1.33 bits per heavy atom. The quantitative estimate of drug-likeness (QED) is 0.308. The third-order valence-electron chi connectivity index (χ3n) is 4.03. The van der Waals surface area contributed by atoms with E-state index in [4.69, 9.17) is 9.47 Å². The van der Waals surface area contributed by atoms with Crippen LogP contribution in [-0.4, -0.2) is 44.1 Å². The van der Waals surface area contributed by atoms with Crippen LogP contribution in [0, 0.1) is 0 Å². The molecule has 30 heavy (non-hydrogen) atoms. The summed E-state index contributed by atoms with van der Waals surface area (Å²) in [5.74, 6) is -0.742. The van der Waals surface area contributed by atoms with Gasteiger partial charge in [0.05, 0.1) is 12.7 Å². The number of benzene rings is 2. The zero-order chi connectivity index (χ0) is 21.5. The highest BCUT2D eigenvalue weighted by Gasteiger charge is 2.27. The van der Waals surface area contributed by atoms with Crippen molar-refractivity contribution in [2.75, 3.05) is 20.3 Å². The summed E-state index contributed by atoms with van der Waals surface area (Å²) in [4.78, 5) is 45.9. The van der Waals surface area contributed by atoms with Crippen LogP contribution in [0.3, 0.4) is 0 Å². The molecular formula is C21H18N2O7. The van der Waals surface area contributed by atoms with Gasteiger partial charge in [0.25, 0.3) is 11.8 Å². The Bertz CT molecular complexity index is 973. The van der Waals surface area contributed by atoms with E-state index in [0.29, 0.717) is 22.6 Å². The van der Waals surface area contributed by atoms with Crippen molar-refractivity contribution in [2.24, 2.45) is 0 Å². The van der Waals surface area contributed by atoms with Gasteiger partial charge in [0.1, 0.15) is 30.3 Å². The number of carbonyl (C=O) groups is 4. The fourth-order valence-electron chi connectivity index (χ4n) is 2.56. The molecule has 9 nitrogen and oxygen atoms in total. The number of imide groups is 2. The van der Waals surface area contributed by atoms with Crippen molar-refractivity contribution in [3.63, 3.8) is 0 Å². The molecule has 1 saturated heterocycles. The van der Waals surface area contributed by atoms with E-state index in [9.17, 15) is 19.2 Å². The number of carbonyl (C=O) groups excluding carboxylic acids is 4. The largest absolute Gasteiger partial charge is 0.490 e. The minimum absolute atomic E-state index is 0.158. The summed E-state index contributed by atoms with van der Waals surface area (Å²) in [6, 6.07) is 12.4. The van der Waals surface area contributed by atoms with E-state index in [-0.39, 0.29) is 18.8 Å². The fourth-order valence-corrected chi connectivity index (χ4v) is 2.56. The lowest BCUT2D eigenvalue weighted by Gasteiger charge is -2.14. The second-order valence-electron chi connectivity index (χ2n) is 6.08. The van der Waals surface area contributed by atoms with Crippen molar-refractivity contribution in [1.82, 2.24) is 10.6 Å². The van der Waals surface area contributed by atoms with Crippen LogP contribution in [0.2, 0.25) is 0 Å². The molecule has 0 spiro atoms. The Kier molecular flexibility index (Phi) is 6.43. The van der Waals surface area contributed by atoms with Crippen LogP contribution in [0.25, 0.3) is 6.08 Å². The molecule has 154 valence electrons. The molecule has 0 radical (unpaired) electrons. The number of amides is 4. The molecule has 1 aliphatic heterocycles. The number of urea groups is 1. The summed E-state index contributed by atoms with van der Waals surface area (Å²) in [5, 5.41) is 4.02. The summed E-state index contributed by atoms with van der Waals surface area (Å²) in [6.45, 7) is 0.573. The first kappa shape index (κ1) is 20.6. The monoisotopic (exact) mass is 410 g/mol. The van der Waals surface area contributed by atoms with Gasteiger partial charge in [-0.05, 0) is 48.0 Å². The zero-order valence-corrected chi connectivity index (χ0v) is 16.0. The van der Waals surface area contributed by atoms with Crippen molar-refractivity contribution in [1.29, 1.82) is 0 Å². The van der Waals surface area contributed by atoms with E-state index < -0.39 is 23.8 Å². The van der Waals surface area contributed by atoms with Crippen LogP contribution < -0.4 is 20.1 Å². The van der Waals surface area contributed by atoms with E-state index >= 15 is 0 Å². The van der Waals surface area contributed by atoms with E-state index in [1.165, 1.54) is 13.2 Å². The number of methoxy groups -OCH3 is 1. The first-order chi connectivity index (χ1) is 14.5. The molecule has 9 heteroatoms. The minimum atomic E-state index is -0.840. The van der Waals surface area contributed by atoms with Gasteiger partial charge in [-0.15, -0.1) is 0 Å². The van der Waals surface area contributed by atoms with Crippen molar-refractivity contribution < 1.29 is 33.4 Å². The van der Waals surface area contributed by atoms with Crippen molar-refractivity contribution >= 4 is 29.9 Å². The maximum absolute atomic E-state index is 11.7. The molecule has 0 saturated carbocycles. The van der Waals surface area contributed by atoms with Gasteiger partial charge in [0.2, 0.25) is 0 Å². The van der Waals surface area contributed by atoms with Crippen LogP contribution in [0.1, 0.15) is 15.9 Å². The Balaban J connectivity index is 1.48. The molecule has 0 atom stereocenters. The van der Waals surface area contributed by atoms with Crippen LogP contribution in [-0.2, 0) is 14.3 Å². The molecule has 1 fully saturated rings. The standard InChI is InChI=1S/C21H18N2O7/c1-28-20(26)14-4-8-16(9-5-14)30-11-10-29-15-6-2-13(3-7-15)12-17-18(24)22-21(27)23-19(17)25/h2-9,12H,10-11H2,1H3,(H2,22,23,24,25,27). The van der Waals surface area contributed by atoms with Gasteiger partial charge < -0.3 is 14.2 Å². The Hall–Kier alpha value is -4.14. The highest BCUT2D eigenvalue weighted by atomic mass is 16.5. The van der Waals surface area contributed by atoms with Crippen LogP contribution >= 0.6 is 0 Å². The summed E-state index contributed by atoms with van der Waals surface area (Å²) < 4.78 is 15.8. The van der Waals surface area contributed by atoms with Gasteiger partial charge in [0, 0.05) is 0 Å². The number of rotatable bonds is 7. The maximum atomic E-state index is 11.7. The van der Waals surface area contributed by atoms with E-state index in [0.717, 1.165) is 0 Å². The first-order valence-corrected chi connectivity index (χ1v) is 8.88. The highest BCUT2D eigenvalue weighted by molar-refractivity contribution is 6.31. The number of hydrogen-bond acceptors (Lipinski definition) is 7. The third kappa shape index (κ3) is 5.22. The molecule has 2 N–H and O–H groups in total. The number of esters is 1. The third-order valence-corrected chi connectivity index (χ3v) is 4.03. The lowest BCUT2D eigenvalue weighted by atomic mass is 10.1. The average molecular weight is 410 g/mol. The minimum Gasteiger partial charge on any atom is -0.490 e. The SMILES string of the molecule is COC(=O)c1ccc(OCCOc2ccc(C=C3C(=O)NC(=O)NC3=O)cc2)cc1. The van der Waals surface area contributed by atoms with Gasteiger partial charge >= 0.3 is 12.0 Å². The van der Waals surface area contributed by atoms with Crippen molar-refractivity contribution in [3.05, 3.63) is 65.2 Å². The van der Waals surface area contributed by atoms with E-state index in [1.54, 1.807) is 48.5 Å². The number of hydrogen-bond donors (Lipinski definition) is 2. The molecule has 0 bridgehead atoms. The predicted octanol–water partition coefficient (Wildman–Crippen LogP) is 1.68. The summed E-state index contributed by atoms with van der Waals surface area (Å²) in [5.41, 5.74) is 0.875. The fraction of sp³-hybridized carbons (Fsp3) is 0.143. The van der Waals surface area contributed by atoms with Crippen LogP contribution in [0.4, 0.5) is 4.79 Å². The van der Waals surface area contributed by atoms with Gasteiger partial charge in [-0.2, -0.15) is 0 Å². The summed E-state index contributed by atoms with van der Waals surface area (Å²) in [6.07, 6.45) is 1.38. The van der Waals surface area contributed by atoms with Crippen molar-refractivity contribution in [2.45, 2.75) is 0 Å². The predicted molar refractivity (Wildman–Crippen MR) is 105 cm³/mol. The Labute approximate surface area is 171 Å². The Morgan fingerprint density at radius 1 is 0.833 bits per heavy atom. The summed E-state index contributed by atoms with van der Waals surface area (Å²) >= 11 is 0. The summed E-state index contributed by atoms with van der Waals surface area (Å²) in [7, 11) is 1.32. The molecule has 2 aromatic carbocycles. The number of barbiturate groups is 1. The van der Waals surface area contributed by atoms with E-state index in [1.807, 2.05) is 10.6 Å². The molecule has 1 aliphatic rings. The lowest BCUT2D eigenvalue weighted by Crippen LogP contribution is -2.51. The number of nitrogens with one attached hydrogen (secondary N) is 2. The molecular weight excluding hydrogens is 392 g/mol. The van der Waals surface area contributed by atoms with Gasteiger partial charge in [-0.25, -0.2) is 9.59 Å². The maximum Gasteiger partial charge on any atom is 0.337 e. The topological polar surface area (TPSA) is 120 Å². The molecule has 0 aliphatic carbocycles. The second kappa shape index (κ2) is 9.37. The molecule has 2 aromatic rings. The number of ether oxygens (including phenoxy) is 3. The molecule has 3 rings (SSSR count). The molecule has 4 amide bonds. The zero-order valence-electron chi connectivity index (χ0n) is 16.0. The highest BCUT2D eigenvalue weighted by Crippen LogP contribution is 2.16. The second-order valence-corrected chi connectivity index (χ2v) is 6.08. The molecule has 1 heterocycles.